The highest BCUT2D eigenvalue weighted by Crippen LogP contribution is 2.32. The van der Waals surface area contributed by atoms with E-state index in [1.165, 1.54) is 11.3 Å². The van der Waals surface area contributed by atoms with Crippen molar-refractivity contribution in [1.29, 1.82) is 0 Å². The number of ether oxygens (including phenoxy) is 1. The fraction of sp³-hybridized carbons (Fsp3) is 0.188. The average molecular weight is 344 g/mol. The number of benzene rings is 1. The molecule has 1 N–H and O–H groups in total. The third-order valence-electron chi connectivity index (χ3n) is 2.90. The number of anilines is 2. The molecule has 1 aromatic carbocycles. The first kappa shape index (κ1) is 15.8. The van der Waals surface area contributed by atoms with Crippen molar-refractivity contribution in [2.75, 3.05) is 11.9 Å². The van der Waals surface area contributed by atoms with Gasteiger partial charge in [0.2, 0.25) is 5.13 Å². The van der Waals surface area contributed by atoms with Crippen LogP contribution in [0.3, 0.4) is 0 Å². The summed E-state index contributed by atoms with van der Waals surface area (Å²) < 4.78 is 6.51. The van der Waals surface area contributed by atoms with Crippen molar-refractivity contribution in [1.82, 2.24) is 15.2 Å². The Balaban J connectivity index is 1.63. The Morgan fingerprint density at radius 3 is 2.83 bits per heavy atom. The van der Waals surface area contributed by atoms with Crippen molar-refractivity contribution in [2.24, 2.45) is 0 Å². The molecule has 0 spiro atoms. The summed E-state index contributed by atoms with van der Waals surface area (Å²) in [5.74, 6) is 1.60. The van der Waals surface area contributed by atoms with Crippen molar-refractivity contribution in [3.8, 4) is 5.75 Å². The molecule has 0 bridgehead atoms. The summed E-state index contributed by atoms with van der Waals surface area (Å²) in [6.07, 6.45) is 1.80. The van der Waals surface area contributed by atoms with E-state index in [9.17, 15) is 0 Å². The van der Waals surface area contributed by atoms with Gasteiger partial charge in [0.05, 0.1) is 18.0 Å². The Morgan fingerprint density at radius 1 is 1.13 bits per heavy atom. The molecule has 0 unspecified atom stereocenters. The number of aromatic nitrogens is 3. The van der Waals surface area contributed by atoms with E-state index in [1.54, 1.807) is 18.0 Å². The van der Waals surface area contributed by atoms with Gasteiger partial charge in [-0.05, 0) is 31.2 Å². The largest absolute Gasteiger partial charge is 0.492 e. The third-order valence-corrected chi connectivity index (χ3v) is 4.91. The van der Waals surface area contributed by atoms with Crippen molar-refractivity contribution in [3.05, 3.63) is 54.4 Å². The number of hydrogen-bond acceptors (Lipinski definition) is 7. The highest BCUT2D eigenvalue weighted by molar-refractivity contribution is 8.00. The molecule has 3 aromatic rings. The molecule has 2 heterocycles. The Kier molecular flexibility index (Phi) is 5.44. The first-order valence-electron chi connectivity index (χ1n) is 7.20. The lowest BCUT2D eigenvalue weighted by atomic mass is 10.3. The average Bonchev–Trinajstić information content (AvgIpc) is 3.03. The number of hydrogen-bond donors (Lipinski definition) is 1. The van der Waals surface area contributed by atoms with E-state index in [1.807, 2.05) is 49.4 Å². The van der Waals surface area contributed by atoms with Crippen molar-refractivity contribution >= 4 is 33.9 Å². The second-order valence-electron chi connectivity index (χ2n) is 4.54. The second-order valence-corrected chi connectivity index (χ2v) is 6.74. The van der Waals surface area contributed by atoms with Crippen molar-refractivity contribution < 1.29 is 4.74 Å². The maximum Gasteiger partial charge on any atom is 0.210 e. The van der Waals surface area contributed by atoms with Crippen LogP contribution in [0.1, 0.15) is 12.6 Å². The molecule has 5 nitrogen and oxygen atoms in total. The summed E-state index contributed by atoms with van der Waals surface area (Å²) in [5.41, 5.74) is 1.93. The van der Waals surface area contributed by atoms with E-state index in [2.05, 4.69) is 20.5 Å². The van der Waals surface area contributed by atoms with Gasteiger partial charge in [0.25, 0.3) is 0 Å². The maximum atomic E-state index is 5.60. The Morgan fingerprint density at radius 2 is 2.00 bits per heavy atom. The van der Waals surface area contributed by atoms with Crippen LogP contribution in [0, 0.1) is 0 Å². The van der Waals surface area contributed by atoms with Gasteiger partial charge in [0, 0.05) is 11.9 Å². The first-order valence-corrected chi connectivity index (χ1v) is 9.00. The molecule has 3 rings (SSSR count). The summed E-state index contributed by atoms with van der Waals surface area (Å²) >= 11 is 3.15. The van der Waals surface area contributed by atoms with E-state index in [-0.39, 0.29) is 0 Å². The molecule has 0 aliphatic heterocycles. The Bertz CT molecular complexity index is 749. The number of para-hydroxylation sites is 2. The lowest BCUT2D eigenvalue weighted by Crippen LogP contribution is -1.97. The minimum absolute atomic E-state index is 0.625. The number of nitrogens with zero attached hydrogens (tertiary/aromatic N) is 3. The summed E-state index contributed by atoms with van der Waals surface area (Å²) in [6, 6.07) is 13.7. The maximum absolute atomic E-state index is 5.60. The number of pyridine rings is 1. The lowest BCUT2D eigenvalue weighted by molar-refractivity contribution is 0.342. The standard InChI is InChI=1S/C16H16N4OS2/c1-2-21-14-9-4-3-8-13(14)18-15-19-20-16(23-15)22-11-12-7-5-6-10-17-12/h3-10H,2,11H2,1H3,(H,18,19). The Labute approximate surface area is 143 Å². The van der Waals surface area contributed by atoms with E-state index in [4.69, 9.17) is 4.74 Å². The van der Waals surface area contributed by atoms with E-state index in [0.29, 0.717) is 6.61 Å². The van der Waals surface area contributed by atoms with Crippen LogP contribution in [0.25, 0.3) is 0 Å². The van der Waals surface area contributed by atoms with Crippen LogP contribution in [0.15, 0.2) is 53.0 Å². The quantitative estimate of drug-likeness (QED) is 0.642. The summed E-state index contributed by atoms with van der Waals surface area (Å²) in [7, 11) is 0. The van der Waals surface area contributed by atoms with Crippen molar-refractivity contribution in [2.45, 2.75) is 17.0 Å². The predicted molar refractivity (Wildman–Crippen MR) is 94.6 cm³/mol. The first-order chi connectivity index (χ1) is 11.3. The minimum atomic E-state index is 0.625. The van der Waals surface area contributed by atoms with Crippen LogP contribution in [0.5, 0.6) is 5.75 Å². The molecule has 7 heteroatoms. The molecule has 0 fully saturated rings. The summed E-state index contributed by atoms with van der Waals surface area (Å²) in [4.78, 5) is 4.30. The third kappa shape index (κ3) is 4.43. The van der Waals surface area contributed by atoms with Gasteiger partial charge in [-0.3, -0.25) is 4.98 Å². The van der Waals surface area contributed by atoms with Gasteiger partial charge < -0.3 is 10.1 Å². The van der Waals surface area contributed by atoms with Crippen LogP contribution in [0.4, 0.5) is 10.8 Å². The van der Waals surface area contributed by atoms with Gasteiger partial charge >= 0.3 is 0 Å². The molecule has 0 saturated heterocycles. The van der Waals surface area contributed by atoms with Gasteiger partial charge in [-0.1, -0.05) is 41.3 Å². The molecule has 23 heavy (non-hydrogen) atoms. The lowest BCUT2D eigenvalue weighted by Gasteiger charge is -2.09. The molecule has 2 aromatic heterocycles. The number of thioether (sulfide) groups is 1. The molecule has 0 saturated carbocycles. The SMILES string of the molecule is CCOc1ccccc1Nc1nnc(SCc2ccccn2)s1. The topological polar surface area (TPSA) is 59.9 Å². The van der Waals surface area contributed by atoms with E-state index in [0.717, 1.165) is 32.4 Å². The molecular weight excluding hydrogens is 328 g/mol. The second kappa shape index (κ2) is 7.94. The van der Waals surface area contributed by atoms with Crippen LogP contribution < -0.4 is 10.1 Å². The molecule has 118 valence electrons. The van der Waals surface area contributed by atoms with Gasteiger partial charge in [0.1, 0.15) is 5.75 Å². The fourth-order valence-electron chi connectivity index (χ4n) is 1.90. The summed E-state index contributed by atoms with van der Waals surface area (Å²) in [5, 5.41) is 12.4. The predicted octanol–water partition coefficient (Wildman–Crippen LogP) is 4.37. The fourth-order valence-corrected chi connectivity index (χ4v) is 3.58. The van der Waals surface area contributed by atoms with Gasteiger partial charge in [0.15, 0.2) is 4.34 Å². The number of rotatable bonds is 7. The monoisotopic (exact) mass is 344 g/mol. The van der Waals surface area contributed by atoms with E-state index >= 15 is 0 Å². The molecule has 0 aliphatic rings. The van der Waals surface area contributed by atoms with Crippen LogP contribution in [-0.2, 0) is 5.75 Å². The minimum Gasteiger partial charge on any atom is -0.492 e. The van der Waals surface area contributed by atoms with E-state index < -0.39 is 0 Å². The van der Waals surface area contributed by atoms with Gasteiger partial charge in [-0.15, -0.1) is 10.2 Å². The molecule has 0 amide bonds. The number of nitrogens with one attached hydrogen (secondary N) is 1. The van der Waals surface area contributed by atoms with Crippen LogP contribution in [-0.4, -0.2) is 21.8 Å². The van der Waals surface area contributed by atoms with Gasteiger partial charge in [-0.2, -0.15) is 0 Å². The van der Waals surface area contributed by atoms with Gasteiger partial charge in [-0.25, -0.2) is 0 Å². The highest BCUT2D eigenvalue weighted by Gasteiger charge is 2.08. The zero-order valence-corrected chi connectivity index (χ0v) is 14.2. The van der Waals surface area contributed by atoms with Crippen LogP contribution in [0.2, 0.25) is 0 Å². The molecule has 0 radical (unpaired) electrons. The normalized spacial score (nSPS) is 10.5. The van der Waals surface area contributed by atoms with Crippen molar-refractivity contribution in [3.63, 3.8) is 0 Å². The smallest absolute Gasteiger partial charge is 0.210 e. The zero-order chi connectivity index (χ0) is 15.9. The zero-order valence-electron chi connectivity index (χ0n) is 12.6. The van der Waals surface area contributed by atoms with Crippen LogP contribution >= 0.6 is 23.1 Å². The molecule has 0 atom stereocenters. The highest BCUT2D eigenvalue weighted by atomic mass is 32.2. The summed E-state index contributed by atoms with van der Waals surface area (Å²) in [6.45, 7) is 2.59. The molecule has 0 aliphatic carbocycles. The Hall–Kier alpha value is -2.12. The molecular formula is C16H16N4OS2.